The molecule has 0 unspecified atom stereocenters. The number of hydrogen-bond acceptors (Lipinski definition) is 2. The number of benzene rings is 2. The summed E-state index contributed by atoms with van der Waals surface area (Å²) in [5.41, 5.74) is -0.0127. The van der Waals surface area contributed by atoms with Gasteiger partial charge in [0.2, 0.25) is 0 Å². The highest BCUT2D eigenvalue weighted by molar-refractivity contribution is 6.10. The van der Waals surface area contributed by atoms with Crippen LogP contribution in [0.5, 0.6) is 0 Å². The van der Waals surface area contributed by atoms with E-state index in [0.717, 1.165) is 12.1 Å². The lowest BCUT2D eigenvalue weighted by Crippen LogP contribution is -2.07. The number of nitrogens with one attached hydrogen (secondary N) is 2. The molecule has 2 aromatic carbocycles. The number of halogens is 2. The Morgan fingerprint density at radius 1 is 0.950 bits per heavy atom. The van der Waals surface area contributed by atoms with Crippen molar-refractivity contribution < 1.29 is 13.6 Å². The molecule has 100 valence electrons. The Labute approximate surface area is 111 Å². The van der Waals surface area contributed by atoms with Crippen LogP contribution in [-0.2, 0) is 0 Å². The molecule has 0 aliphatic rings. The first kappa shape index (κ1) is 12.3. The monoisotopic (exact) mass is 274 g/mol. The number of imidazole rings is 1. The lowest BCUT2D eigenvalue weighted by molar-refractivity contribution is 0.103. The Bertz CT molecular complexity index is 860. The van der Waals surface area contributed by atoms with Gasteiger partial charge in [-0.05, 0) is 30.3 Å². The van der Waals surface area contributed by atoms with Gasteiger partial charge in [-0.25, -0.2) is 13.6 Å². The predicted octanol–water partition coefficient (Wildman–Crippen LogP) is 2.37. The van der Waals surface area contributed by atoms with Crippen molar-refractivity contribution in [3.05, 3.63) is 69.6 Å². The van der Waals surface area contributed by atoms with Gasteiger partial charge in [-0.2, -0.15) is 0 Å². The van der Waals surface area contributed by atoms with E-state index in [9.17, 15) is 18.4 Å². The maximum atomic E-state index is 13.6. The summed E-state index contributed by atoms with van der Waals surface area (Å²) in [6.45, 7) is 0. The van der Waals surface area contributed by atoms with Crippen LogP contribution < -0.4 is 5.69 Å². The zero-order valence-corrected chi connectivity index (χ0v) is 10.0. The number of ketones is 1. The van der Waals surface area contributed by atoms with E-state index in [0.29, 0.717) is 11.0 Å². The van der Waals surface area contributed by atoms with Gasteiger partial charge in [0.15, 0.2) is 5.78 Å². The number of carbonyl (C=O) groups excluding carboxylic acids is 1. The summed E-state index contributed by atoms with van der Waals surface area (Å²) in [6.07, 6.45) is 0. The summed E-state index contributed by atoms with van der Waals surface area (Å²) in [5, 5.41) is 0. The highest BCUT2D eigenvalue weighted by atomic mass is 19.1. The third-order valence-corrected chi connectivity index (χ3v) is 2.97. The largest absolute Gasteiger partial charge is 0.323 e. The van der Waals surface area contributed by atoms with Crippen LogP contribution in [0.25, 0.3) is 11.0 Å². The molecule has 0 fully saturated rings. The fourth-order valence-electron chi connectivity index (χ4n) is 2.03. The summed E-state index contributed by atoms with van der Waals surface area (Å²) >= 11 is 0. The molecule has 0 saturated heterocycles. The number of aromatic amines is 2. The van der Waals surface area contributed by atoms with E-state index in [1.165, 1.54) is 24.3 Å². The van der Waals surface area contributed by atoms with Gasteiger partial charge in [0.05, 0.1) is 16.6 Å². The van der Waals surface area contributed by atoms with Crippen molar-refractivity contribution in [1.82, 2.24) is 9.97 Å². The molecule has 4 nitrogen and oxygen atoms in total. The van der Waals surface area contributed by atoms with Crippen molar-refractivity contribution in [2.24, 2.45) is 0 Å². The van der Waals surface area contributed by atoms with Crippen LogP contribution >= 0.6 is 0 Å². The predicted molar refractivity (Wildman–Crippen MR) is 68.7 cm³/mol. The van der Waals surface area contributed by atoms with Gasteiger partial charge in [0, 0.05) is 5.56 Å². The molecule has 0 aliphatic carbocycles. The lowest BCUT2D eigenvalue weighted by atomic mass is 10.0. The van der Waals surface area contributed by atoms with E-state index in [2.05, 4.69) is 9.97 Å². The summed E-state index contributed by atoms with van der Waals surface area (Å²) in [7, 11) is 0. The van der Waals surface area contributed by atoms with Gasteiger partial charge in [-0.15, -0.1) is 0 Å². The molecular formula is C14H8F2N2O2. The Hall–Kier alpha value is -2.76. The average Bonchev–Trinajstić information content (AvgIpc) is 2.77. The number of rotatable bonds is 2. The molecule has 0 atom stereocenters. The fourth-order valence-corrected chi connectivity index (χ4v) is 2.03. The molecule has 0 saturated carbocycles. The van der Waals surface area contributed by atoms with Crippen LogP contribution in [0.15, 0.2) is 41.2 Å². The fraction of sp³-hybridized carbons (Fsp3) is 0. The SMILES string of the molecule is O=C(c1ccc2[nH]c(=O)[nH]c2c1)c1c(F)cccc1F. The Kier molecular flexibility index (Phi) is 2.71. The standard InChI is InChI=1S/C14H8F2N2O2/c15-8-2-1-3-9(16)12(8)13(19)7-4-5-10-11(6-7)18-14(20)17-10/h1-6H,(H2,17,18,20). The van der Waals surface area contributed by atoms with Crippen molar-refractivity contribution in [1.29, 1.82) is 0 Å². The van der Waals surface area contributed by atoms with Crippen LogP contribution in [0, 0.1) is 11.6 Å². The normalized spacial score (nSPS) is 10.9. The summed E-state index contributed by atoms with van der Waals surface area (Å²) < 4.78 is 27.2. The first-order valence-electron chi connectivity index (χ1n) is 5.77. The maximum absolute atomic E-state index is 13.6. The third kappa shape index (κ3) is 1.91. The molecule has 2 N–H and O–H groups in total. The molecule has 0 bridgehead atoms. The van der Waals surface area contributed by atoms with Crippen molar-refractivity contribution in [2.75, 3.05) is 0 Å². The molecular weight excluding hydrogens is 266 g/mol. The van der Waals surface area contributed by atoms with Gasteiger partial charge in [-0.3, -0.25) is 4.79 Å². The van der Waals surface area contributed by atoms with E-state index in [1.807, 2.05) is 0 Å². The third-order valence-electron chi connectivity index (χ3n) is 2.97. The highest BCUT2D eigenvalue weighted by Crippen LogP contribution is 2.19. The second-order valence-electron chi connectivity index (χ2n) is 4.27. The van der Waals surface area contributed by atoms with Crippen LogP contribution in [0.1, 0.15) is 15.9 Å². The van der Waals surface area contributed by atoms with Crippen LogP contribution in [0.4, 0.5) is 8.78 Å². The quantitative estimate of drug-likeness (QED) is 0.704. The molecule has 3 rings (SSSR count). The van der Waals surface area contributed by atoms with Crippen molar-refractivity contribution >= 4 is 16.8 Å². The first-order valence-corrected chi connectivity index (χ1v) is 5.77. The van der Waals surface area contributed by atoms with Gasteiger partial charge in [-0.1, -0.05) is 6.07 Å². The molecule has 0 spiro atoms. The minimum Gasteiger partial charge on any atom is -0.306 e. The number of H-pyrrole nitrogens is 2. The van der Waals surface area contributed by atoms with E-state index in [1.54, 1.807) is 0 Å². The lowest BCUT2D eigenvalue weighted by Gasteiger charge is -2.04. The van der Waals surface area contributed by atoms with Gasteiger partial charge < -0.3 is 9.97 Å². The minimum absolute atomic E-state index is 0.0942. The van der Waals surface area contributed by atoms with Crippen molar-refractivity contribution in [3.8, 4) is 0 Å². The number of carbonyl (C=O) groups is 1. The van der Waals surface area contributed by atoms with Crippen LogP contribution in [0.2, 0.25) is 0 Å². The number of hydrogen-bond donors (Lipinski definition) is 2. The smallest absolute Gasteiger partial charge is 0.306 e. The van der Waals surface area contributed by atoms with Crippen LogP contribution in [0.3, 0.4) is 0 Å². The van der Waals surface area contributed by atoms with E-state index in [4.69, 9.17) is 0 Å². The van der Waals surface area contributed by atoms with Gasteiger partial charge in [0.1, 0.15) is 11.6 Å². The molecule has 3 aromatic rings. The molecule has 1 heterocycles. The average molecular weight is 274 g/mol. The van der Waals surface area contributed by atoms with E-state index < -0.39 is 28.7 Å². The van der Waals surface area contributed by atoms with E-state index in [-0.39, 0.29) is 5.56 Å². The molecule has 6 heteroatoms. The van der Waals surface area contributed by atoms with Crippen LogP contribution in [-0.4, -0.2) is 15.8 Å². The minimum atomic E-state index is -0.919. The van der Waals surface area contributed by atoms with Crippen molar-refractivity contribution in [3.63, 3.8) is 0 Å². The van der Waals surface area contributed by atoms with Gasteiger partial charge >= 0.3 is 5.69 Å². The second kappa shape index (κ2) is 4.41. The summed E-state index contributed by atoms with van der Waals surface area (Å²) in [4.78, 5) is 28.3. The Morgan fingerprint density at radius 3 is 2.30 bits per heavy atom. The van der Waals surface area contributed by atoms with E-state index >= 15 is 0 Å². The summed E-state index contributed by atoms with van der Waals surface area (Å²) in [6, 6.07) is 7.51. The second-order valence-corrected chi connectivity index (χ2v) is 4.27. The highest BCUT2D eigenvalue weighted by Gasteiger charge is 2.19. The maximum Gasteiger partial charge on any atom is 0.323 e. The molecule has 20 heavy (non-hydrogen) atoms. The first-order chi connectivity index (χ1) is 9.56. The topological polar surface area (TPSA) is 65.7 Å². The molecule has 0 aliphatic heterocycles. The molecule has 1 aromatic heterocycles. The van der Waals surface area contributed by atoms with Crippen molar-refractivity contribution in [2.45, 2.75) is 0 Å². The molecule has 0 radical (unpaired) electrons. The van der Waals surface area contributed by atoms with Gasteiger partial charge in [0.25, 0.3) is 0 Å². The Balaban J connectivity index is 2.15. The summed E-state index contributed by atoms with van der Waals surface area (Å²) in [5.74, 6) is -2.61. The number of aromatic nitrogens is 2. The zero-order valence-electron chi connectivity index (χ0n) is 10.0. The number of fused-ring (bicyclic) bond motifs is 1. The molecule has 0 amide bonds. The zero-order chi connectivity index (χ0) is 14.3. The Morgan fingerprint density at radius 2 is 1.60 bits per heavy atom.